The van der Waals surface area contributed by atoms with Crippen molar-refractivity contribution in [2.75, 3.05) is 0 Å². The summed E-state index contributed by atoms with van der Waals surface area (Å²) in [7, 11) is 0. The number of aromatic hydroxyl groups is 1. The Morgan fingerprint density at radius 1 is 1.09 bits per heavy atom. The highest BCUT2D eigenvalue weighted by atomic mass is 35.5. The van der Waals surface area contributed by atoms with Crippen molar-refractivity contribution in [1.29, 1.82) is 0 Å². The van der Waals surface area contributed by atoms with E-state index in [1.807, 2.05) is 0 Å². The Morgan fingerprint density at radius 2 is 1.74 bits per heavy atom. The summed E-state index contributed by atoms with van der Waals surface area (Å²) in [4.78, 5) is 0. The number of nitrogens with zero attached hydrogens (tertiary/aromatic N) is 1. The molecule has 0 unspecified atom stereocenters. The number of hydrogen-bond donors (Lipinski definition) is 1. The van der Waals surface area contributed by atoms with Gasteiger partial charge in [0.2, 0.25) is 0 Å². The first-order chi connectivity index (χ1) is 10.8. The lowest BCUT2D eigenvalue weighted by molar-refractivity contribution is -0.136. The van der Waals surface area contributed by atoms with E-state index in [9.17, 15) is 22.7 Å². The molecule has 1 aromatic heterocycles. The Bertz CT molecular complexity index is 868. The molecule has 7 heteroatoms. The van der Waals surface area contributed by atoms with Crippen LogP contribution in [0.25, 0.3) is 10.8 Å². The maximum Gasteiger partial charge on any atom is 0.417 e. The van der Waals surface area contributed by atoms with E-state index >= 15 is 0 Å². The highest BCUT2D eigenvalue weighted by Crippen LogP contribution is 2.41. The van der Waals surface area contributed by atoms with E-state index in [2.05, 4.69) is 0 Å². The van der Waals surface area contributed by atoms with Gasteiger partial charge in [0.1, 0.15) is 5.82 Å². The summed E-state index contributed by atoms with van der Waals surface area (Å²) in [5.41, 5.74) is -0.350. The zero-order valence-corrected chi connectivity index (χ0v) is 12.3. The number of hydrogen-bond acceptors (Lipinski definition) is 1. The Balaban J connectivity index is 2.13. The van der Waals surface area contributed by atoms with Crippen LogP contribution in [0.4, 0.5) is 17.6 Å². The Hall–Kier alpha value is -2.21. The van der Waals surface area contributed by atoms with Crippen LogP contribution in [0, 0.1) is 5.82 Å². The molecule has 0 aliphatic heterocycles. The number of halogens is 5. The van der Waals surface area contributed by atoms with Crippen molar-refractivity contribution < 1.29 is 22.7 Å². The molecule has 3 aromatic rings. The van der Waals surface area contributed by atoms with Gasteiger partial charge >= 0.3 is 6.18 Å². The van der Waals surface area contributed by atoms with Gasteiger partial charge in [-0.1, -0.05) is 23.7 Å². The van der Waals surface area contributed by atoms with E-state index in [4.69, 9.17) is 11.6 Å². The van der Waals surface area contributed by atoms with Gasteiger partial charge in [-0.2, -0.15) is 13.2 Å². The number of fused-ring (bicyclic) bond motifs is 1. The third-order valence-electron chi connectivity index (χ3n) is 3.50. The first-order valence-electron chi connectivity index (χ1n) is 6.58. The normalized spacial score (nSPS) is 12.0. The van der Waals surface area contributed by atoms with Crippen molar-refractivity contribution in [1.82, 2.24) is 4.57 Å². The highest BCUT2D eigenvalue weighted by molar-refractivity contribution is 6.31. The van der Waals surface area contributed by atoms with Crippen molar-refractivity contribution in [2.45, 2.75) is 12.7 Å². The lowest BCUT2D eigenvalue weighted by Gasteiger charge is -2.09. The number of rotatable bonds is 2. The van der Waals surface area contributed by atoms with Crippen LogP contribution in [0.2, 0.25) is 5.02 Å². The second kappa shape index (κ2) is 5.45. The lowest BCUT2D eigenvalue weighted by atomic mass is 10.1. The van der Waals surface area contributed by atoms with Crippen LogP contribution in [0.3, 0.4) is 0 Å². The molecule has 0 saturated heterocycles. The maximum atomic E-state index is 13.1. The maximum absolute atomic E-state index is 13.1. The predicted molar refractivity (Wildman–Crippen MR) is 79.1 cm³/mol. The molecule has 0 atom stereocenters. The largest absolute Gasteiger partial charge is 0.494 e. The molecule has 0 amide bonds. The monoisotopic (exact) mass is 343 g/mol. The van der Waals surface area contributed by atoms with Crippen molar-refractivity contribution in [3.63, 3.8) is 0 Å². The number of aromatic nitrogens is 1. The first-order valence-corrected chi connectivity index (χ1v) is 6.96. The third kappa shape index (κ3) is 2.99. The van der Waals surface area contributed by atoms with Crippen LogP contribution in [0.1, 0.15) is 11.1 Å². The Morgan fingerprint density at radius 3 is 2.35 bits per heavy atom. The fraction of sp³-hybridized carbons (Fsp3) is 0.125. The fourth-order valence-electron chi connectivity index (χ4n) is 2.48. The smallest absolute Gasteiger partial charge is 0.417 e. The van der Waals surface area contributed by atoms with Crippen molar-refractivity contribution >= 4 is 22.4 Å². The van der Waals surface area contributed by atoms with Crippen molar-refractivity contribution in [2.24, 2.45) is 0 Å². The van der Waals surface area contributed by atoms with Gasteiger partial charge in [-0.25, -0.2) is 4.39 Å². The van der Waals surface area contributed by atoms with Crippen molar-refractivity contribution in [3.05, 3.63) is 64.6 Å². The summed E-state index contributed by atoms with van der Waals surface area (Å²) in [6.45, 7) is 0.107. The Labute approximate surface area is 133 Å². The molecule has 0 bridgehead atoms. The van der Waals surface area contributed by atoms with Gasteiger partial charge in [-0.05, 0) is 29.8 Å². The summed E-state index contributed by atoms with van der Waals surface area (Å²) < 4.78 is 53.6. The fourth-order valence-corrected chi connectivity index (χ4v) is 2.71. The van der Waals surface area contributed by atoms with Gasteiger partial charge in [-0.3, -0.25) is 0 Å². The molecular weight excluding hydrogens is 334 g/mol. The van der Waals surface area contributed by atoms with Gasteiger partial charge < -0.3 is 9.67 Å². The van der Waals surface area contributed by atoms with Crippen LogP contribution in [-0.2, 0) is 12.7 Å². The average molecular weight is 344 g/mol. The molecule has 0 spiro atoms. The van der Waals surface area contributed by atoms with Gasteiger partial charge in [0.25, 0.3) is 0 Å². The van der Waals surface area contributed by atoms with Crippen LogP contribution >= 0.6 is 11.6 Å². The molecule has 2 aromatic carbocycles. The topological polar surface area (TPSA) is 25.2 Å². The second-order valence-corrected chi connectivity index (χ2v) is 5.56. The molecule has 120 valence electrons. The van der Waals surface area contributed by atoms with Gasteiger partial charge in [-0.15, -0.1) is 0 Å². The van der Waals surface area contributed by atoms with Gasteiger partial charge in [0, 0.05) is 16.6 Å². The molecule has 1 heterocycles. The van der Waals surface area contributed by atoms with Crippen LogP contribution in [0.5, 0.6) is 5.88 Å². The number of benzene rings is 2. The van der Waals surface area contributed by atoms with E-state index < -0.39 is 23.4 Å². The molecule has 3 rings (SSSR count). The predicted octanol–water partition coefficient (Wildman–Crippen LogP) is 5.21. The molecule has 0 aliphatic rings. The average Bonchev–Trinajstić information content (AvgIpc) is 2.76. The van der Waals surface area contributed by atoms with E-state index in [0.717, 1.165) is 6.07 Å². The van der Waals surface area contributed by atoms with Crippen LogP contribution in [0.15, 0.2) is 42.6 Å². The summed E-state index contributed by atoms with van der Waals surface area (Å²) in [5, 5.41) is 10.0. The van der Waals surface area contributed by atoms with E-state index in [0.29, 0.717) is 5.56 Å². The minimum atomic E-state index is -4.64. The summed E-state index contributed by atoms with van der Waals surface area (Å²) in [5.74, 6) is -0.921. The molecule has 1 N–H and O–H groups in total. The van der Waals surface area contributed by atoms with E-state index in [1.54, 1.807) is 0 Å². The van der Waals surface area contributed by atoms with Gasteiger partial charge in [0.05, 0.1) is 17.5 Å². The molecule has 2 nitrogen and oxygen atoms in total. The van der Waals surface area contributed by atoms with Crippen LogP contribution < -0.4 is 0 Å². The Kier molecular flexibility index (Phi) is 3.72. The zero-order valence-electron chi connectivity index (χ0n) is 11.5. The molecule has 0 radical (unpaired) electrons. The SMILES string of the molecule is Oc1c2c(C(F)(F)F)cc(Cl)cc2cn1Cc1ccc(F)cc1. The molecule has 23 heavy (non-hydrogen) atoms. The molecule has 0 aliphatic carbocycles. The molecule has 0 fully saturated rings. The minimum absolute atomic E-state index is 0.0660. The van der Waals surface area contributed by atoms with E-state index in [-0.39, 0.29) is 22.3 Å². The summed E-state index contributed by atoms with van der Waals surface area (Å²) >= 11 is 5.74. The minimum Gasteiger partial charge on any atom is -0.494 e. The van der Waals surface area contributed by atoms with Crippen LogP contribution in [-0.4, -0.2) is 9.67 Å². The second-order valence-electron chi connectivity index (χ2n) is 5.12. The first kappa shape index (κ1) is 15.7. The number of alkyl halides is 3. The third-order valence-corrected chi connectivity index (χ3v) is 3.71. The van der Waals surface area contributed by atoms with Gasteiger partial charge in [0.15, 0.2) is 5.88 Å². The van der Waals surface area contributed by atoms with E-state index in [1.165, 1.54) is 41.1 Å². The highest BCUT2D eigenvalue weighted by Gasteiger charge is 2.35. The molecular formula is C16H10ClF4NO. The zero-order chi connectivity index (χ0) is 16.8. The standard InChI is InChI=1S/C16H10ClF4NO/c17-11-5-10-8-22(7-9-1-3-12(18)4-2-9)15(23)14(10)13(6-11)16(19,20)21/h1-6,8,23H,7H2. The molecule has 0 saturated carbocycles. The summed E-state index contributed by atoms with van der Waals surface area (Å²) in [6.07, 6.45) is -3.25. The van der Waals surface area contributed by atoms with Crippen molar-refractivity contribution in [3.8, 4) is 5.88 Å². The summed E-state index contributed by atoms with van der Waals surface area (Å²) in [6, 6.07) is 7.62. The lowest BCUT2D eigenvalue weighted by Crippen LogP contribution is -2.05. The quantitative estimate of drug-likeness (QED) is 0.635.